The van der Waals surface area contributed by atoms with Crippen LogP contribution in [0.5, 0.6) is 0 Å². The molecule has 0 aliphatic carbocycles. The largest absolute Gasteiger partial charge is 0.338 e. The second kappa shape index (κ2) is 8.23. The number of rotatable bonds is 4. The number of hydrogen-bond donors (Lipinski definition) is 0. The Morgan fingerprint density at radius 1 is 1.04 bits per heavy atom. The van der Waals surface area contributed by atoms with E-state index in [4.69, 9.17) is 11.6 Å². The van der Waals surface area contributed by atoms with Crippen LogP contribution in [0.1, 0.15) is 24.4 Å². The van der Waals surface area contributed by atoms with Crippen molar-refractivity contribution >= 4 is 23.5 Å². The van der Waals surface area contributed by atoms with Gasteiger partial charge in [-0.25, -0.2) is 9.97 Å². The standard InChI is InChI=1S/C20H24ClN5O/c21-17-6-2-1-5-16(17)18-7-3-10-26(18)15-19(27)24-11-13-25(14-12-24)20-22-8-4-9-23-20/h1-2,4-6,8-9,18H,3,7,10-15H2. The molecule has 1 atom stereocenters. The van der Waals surface area contributed by atoms with E-state index in [1.165, 1.54) is 0 Å². The number of piperazine rings is 1. The van der Waals surface area contributed by atoms with Gasteiger partial charge in [-0.2, -0.15) is 0 Å². The molecule has 1 unspecified atom stereocenters. The van der Waals surface area contributed by atoms with Crippen molar-refractivity contribution in [1.29, 1.82) is 0 Å². The van der Waals surface area contributed by atoms with Crippen LogP contribution < -0.4 is 4.90 Å². The first-order valence-electron chi connectivity index (χ1n) is 9.50. The summed E-state index contributed by atoms with van der Waals surface area (Å²) < 4.78 is 0. The Balaban J connectivity index is 1.35. The fourth-order valence-corrected chi connectivity index (χ4v) is 4.26. The molecular weight excluding hydrogens is 362 g/mol. The monoisotopic (exact) mass is 385 g/mol. The highest BCUT2D eigenvalue weighted by atomic mass is 35.5. The van der Waals surface area contributed by atoms with Gasteiger partial charge < -0.3 is 9.80 Å². The minimum atomic E-state index is 0.197. The van der Waals surface area contributed by atoms with Crippen LogP contribution in [-0.2, 0) is 4.79 Å². The van der Waals surface area contributed by atoms with Gasteiger partial charge in [-0.05, 0) is 37.1 Å². The zero-order valence-corrected chi connectivity index (χ0v) is 16.1. The van der Waals surface area contributed by atoms with Crippen LogP contribution in [0.15, 0.2) is 42.7 Å². The van der Waals surface area contributed by atoms with Crippen molar-refractivity contribution in [3.63, 3.8) is 0 Å². The molecule has 0 spiro atoms. The molecule has 4 rings (SSSR count). The minimum Gasteiger partial charge on any atom is -0.338 e. The Labute approximate surface area is 164 Å². The molecule has 142 valence electrons. The molecule has 27 heavy (non-hydrogen) atoms. The maximum atomic E-state index is 12.9. The van der Waals surface area contributed by atoms with E-state index in [1.807, 2.05) is 29.2 Å². The summed E-state index contributed by atoms with van der Waals surface area (Å²) in [5.41, 5.74) is 1.13. The lowest BCUT2D eigenvalue weighted by molar-refractivity contribution is -0.133. The summed E-state index contributed by atoms with van der Waals surface area (Å²) in [5, 5.41) is 0.790. The van der Waals surface area contributed by atoms with E-state index in [9.17, 15) is 4.79 Å². The van der Waals surface area contributed by atoms with Crippen molar-refractivity contribution in [2.75, 3.05) is 44.2 Å². The molecule has 2 aliphatic heterocycles. The van der Waals surface area contributed by atoms with Crippen molar-refractivity contribution in [3.05, 3.63) is 53.3 Å². The average molecular weight is 386 g/mol. The third-order valence-electron chi connectivity index (χ3n) is 5.43. The van der Waals surface area contributed by atoms with Gasteiger partial charge in [-0.15, -0.1) is 0 Å². The first-order chi connectivity index (χ1) is 13.2. The highest BCUT2D eigenvalue weighted by Gasteiger charge is 2.31. The summed E-state index contributed by atoms with van der Waals surface area (Å²) in [5.74, 6) is 0.936. The number of anilines is 1. The number of carbonyl (C=O) groups is 1. The first-order valence-corrected chi connectivity index (χ1v) is 9.88. The second-order valence-corrected chi connectivity index (χ2v) is 7.47. The van der Waals surface area contributed by atoms with Gasteiger partial charge in [0.1, 0.15) is 0 Å². The Kier molecular flexibility index (Phi) is 5.55. The van der Waals surface area contributed by atoms with E-state index >= 15 is 0 Å². The number of likely N-dealkylation sites (tertiary alicyclic amines) is 1. The molecule has 2 saturated heterocycles. The van der Waals surface area contributed by atoms with Gasteiger partial charge in [0.05, 0.1) is 6.54 Å². The summed E-state index contributed by atoms with van der Waals surface area (Å²) >= 11 is 6.39. The van der Waals surface area contributed by atoms with E-state index in [0.717, 1.165) is 49.0 Å². The van der Waals surface area contributed by atoms with Gasteiger partial charge in [-0.1, -0.05) is 29.8 Å². The molecule has 0 N–H and O–H groups in total. The zero-order valence-electron chi connectivity index (χ0n) is 15.3. The Morgan fingerprint density at radius 2 is 1.78 bits per heavy atom. The molecule has 6 nitrogen and oxygen atoms in total. The molecule has 1 aromatic carbocycles. The molecule has 2 aliphatic rings. The number of halogens is 1. The first kappa shape index (κ1) is 18.2. The lowest BCUT2D eigenvalue weighted by Gasteiger charge is -2.36. The zero-order chi connectivity index (χ0) is 18.6. The highest BCUT2D eigenvalue weighted by molar-refractivity contribution is 6.31. The number of aromatic nitrogens is 2. The lowest BCUT2D eigenvalue weighted by atomic mass is 10.0. The number of amides is 1. The molecule has 0 radical (unpaired) electrons. The van der Waals surface area contributed by atoms with E-state index < -0.39 is 0 Å². The fraction of sp³-hybridized carbons (Fsp3) is 0.450. The summed E-state index contributed by atoms with van der Waals surface area (Å²) in [6.07, 6.45) is 5.66. The van der Waals surface area contributed by atoms with Gasteiger partial charge in [0.25, 0.3) is 0 Å². The second-order valence-electron chi connectivity index (χ2n) is 7.07. The number of hydrogen-bond acceptors (Lipinski definition) is 5. The maximum Gasteiger partial charge on any atom is 0.236 e. The molecule has 0 bridgehead atoms. The Hall–Kier alpha value is -2.18. The predicted molar refractivity (Wildman–Crippen MR) is 106 cm³/mol. The van der Waals surface area contributed by atoms with Crippen LogP contribution in [0.2, 0.25) is 5.02 Å². The normalized spacial score (nSPS) is 20.9. The Morgan fingerprint density at radius 3 is 2.52 bits per heavy atom. The summed E-state index contributed by atoms with van der Waals surface area (Å²) in [4.78, 5) is 27.8. The van der Waals surface area contributed by atoms with E-state index in [1.54, 1.807) is 12.4 Å². The van der Waals surface area contributed by atoms with Gasteiger partial charge in [0, 0.05) is 49.6 Å². The number of nitrogens with zero attached hydrogens (tertiary/aromatic N) is 5. The van der Waals surface area contributed by atoms with Crippen molar-refractivity contribution in [3.8, 4) is 0 Å². The van der Waals surface area contributed by atoms with E-state index in [-0.39, 0.29) is 11.9 Å². The average Bonchev–Trinajstić information content (AvgIpc) is 3.17. The van der Waals surface area contributed by atoms with Crippen LogP contribution in [0.3, 0.4) is 0 Å². The molecule has 3 heterocycles. The van der Waals surface area contributed by atoms with Gasteiger partial charge in [0.15, 0.2) is 0 Å². The van der Waals surface area contributed by atoms with E-state index in [0.29, 0.717) is 19.6 Å². The SMILES string of the molecule is O=C(CN1CCCC1c1ccccc1Cl)N1CCN(c2ncccn2)CC1. The van der Waals surface area contributed by atoms with E-state index in [2.05, 4.69) is 25.8 Å². The summed E-state index contributed by atoms with van der Waals surface area (Å²) in [6, 6.07) is 10.0. The molecule has 1 amide bonds. The maximum absolute atomic E-state index is 12.9. The highest BCUT2D eigenvalue weighted by Crippen LogP contribution is 2.35. The number of benzene rings is 1. The molecule has 7 heteroatoms. The topological polar surface area (TPSA) is 52.6 Å². The quantitative estimate of drug-likeness (QED) is 0.809. The third-order valence-corrected chi connectivity index (χ3v) is 5.78. The predicted octanol–water partition coefficient (Wildman–Crippen LogP) is 2.62. The van der Waals surface area contributed by atoms with Crippen molar-refractivity contribution in [2.24, 2.45) is 0 Å². The number of carbonyl (C=O) groups excluding carboxylic acids is 1. The van der Waals surface area contributed by atoms with Gasteiger partial charge >= 0.3 is 0 Å². The third kappa shape index (κ3) is 4.06. The van der Waals surface area contributed by atoms with Crippen LogP contribution in [0.4, 0.5) is 5.95 Å². The minimum absolute atomic E-state index is 0.197. The molecule has 2 aromatic rings. The van der Waals surface area contributed by atoms with Crippen LogP contribution in [-0.4, -0.2) is 64.9 Å². The molecule has 2 fully saturated rings. The van der Waals surface area contributed by atoms with Crippen molar-refractivity contribution in [2.45, 2.75) is 18.9 Å². The van der Waals surface area contributed by atoms with Crippen molar-refractivity contribution in [1.82, 2.24) is 19.8 Å². The van der Waals surface area contributed by atoms with Crippen LogP contribution in [0.25, 0.3) is 0 Å². The van der Waals surface area contributed by atoms with Crippen LogP contribution in [0, 0.1) is 0 Å². The molecule has 1 aromatic heterocycles. The summed E-state index contributed by atoms with van der Waals surface area (Å²) in [7, 11) is 0. The van der Waals surface area contributed by atoms with Crippen molar-refractivity contribution < 1.29 is 4.79 Å². The van der Waals surface area contributed by atoms with Gasteiger partial charge in [0.2, 0.25) is 11.9 Å². The smallest absolute Gasteiger partial charge is 0.236 e. The molecular formula is C20H24ClN5O. The molecule has 0 saturated carbocycles. The van der Waals surface area contributed by atoms with Crippen LogP contribution >= 0.6 is 11.6 Å². The Bertz CT molecular complexity index is 779. The summed E-state index contributed by atoms with van der Waals surface area (Å²) in [6.45, 7) is 4.36. The fourth-order valence-electron chi connectivity index (χ4n) is 4.00. The lowest BCUT2D eigenvalue weighted by Crippen LogP contribution is -2.51. The van der Waals surface area contributed by atoms with Gasteiger partial charge in [-0.3, -0.25) is 9.69 Å².